The molecule has 6 aliphatic rings. The highest BCUT2D eigenvalue weighted by molar-refractivity contribution is 7.85. The summed E-state index contributed by atoms with van der Waals surface area (Å²) in [4.78, 5) is 55.7. The van der Waals surface area contributed by atoms with Crippen molar-refractivity contribution >= 4 is 98.2 Å². The summed E-state index contributed by atoms with van der Waals surface area (Å²) in [6.45, 7) is 0.907. The molecular weight excluding hydrogens is 1670 g/mol. The van der Waals surface area contributed by atoms with Gasteiger partial charge in [0.05, 0.1) is 73.5 Å². The maximum Gasteiger partial charge on any atom is 0.573 e. The number of nitrogens with one attached hydrogen (secondary N) is 3. The zero-order valence-corrected chi connectivity index (χ0v) is 66.9. The lowest BCUT2D eigenvalue weighted by molar-refractivity contribution is -0.274. The molecule has 2 aliphatic heterocycles. The molecule has 119 heavy (non-hydrogen) atoms. The van der Waals surface area contributed by atoms with E-state index < -0.39 is 89.6 Å². The Kier molecular flexibility index (Phi) is 27.4. The number of ether oxygens (including phenoxy) is 3. The van der Waals surface area contributed by atoms with Crippen LogP contribution in [0, 0.1) is 29.6 Å². The second-order valence-electron chi connectivity index (χ2n) is 29.1. The number of aliphatic hydroxyl groups is 4. The summed E-state index contributed by atoms with van der Waals surface area (Å²) in [5, 5.41) is 64.1. The van der Waals surface area contributed by atoms with Crippen LogP contribution in [0.4, 0.5) is 30.5 Å². The topological polar surface area (TPSA) is 574 Å². The van der Waals surface area contributed by atoms with Crippen LogP contribution < -0.4 is 45.0 Å². The second-order valence-corrected chi connectivity index (χ2v) is 34.4. The number of hydrogen-bond acceptors (Lipinski definition) is 32. The first kappa shape index (κ1) is 87.0. The molecule has 0 amide bonds. The molecule has 0 saturated heterocycles. The lowest BCUT2D eigenvalue weighted by Crippen LogP contribution is -2.31. The molecule has 0 bridgehead atoms. The van der Waals surface area contributed by atoms with E-state index in [1.807, 2.05) is 60.7 Å². The third-order valence-electron chi connectivity index (χ3n) is 20.6. The van der Waals surface area contributed by atoms with Crippen LogP contribution in [0.5, 0.6) is 17.5 Å². The number of aliphatic hydroxyl groups excluding tert-OH is 4. The molecule has 636 valence electrons. The van der Waals surface area contributed by atoms with E-state index in [4.69, 9.17) is 46.6 Å². The normalized spacial score (nSPS) is 23.0. The van der Waals surface area contributed by atoms with Crippen LogP contribution >= 0.6 is 11.6 Å². The van der Waals surface area contributed by atoms with Gasteiger partial charge in [-0.15, -0.1) is 13.2 Å². The number of aliphatic imine (C=N–C) groups is 1. The minimum absolute atomic E-state index is 0.0419. The molecule has 4 aromatic carbocycles. The van der Waals surface area contributed by atoms with Gasteiger partial charge in [-0.25, -0.2) is 70.4 Å². The molecule has 4 saturated carbocycles. The number of para-hydroxylation sites is 1. The quantitative estimate of drug-likeness (QED) is 0.0351. The van der Waals surface area contributed by atoms with Crippen LogP contribution in [0.1, 0.15) is 79.4 Å². The van der Waals surface area contributed by atoms with Gasteiger partial charge in [-0.2, -0.15) is 38.7 Å². The van der Waals surface area contributed by atoms with Gasteiger partial charge in [0.25, 0.3) is 0 Å². The number of rotatable bonds is 25. The summed E-state index contributed by atoms with van der Waals surface area (Å²) in [5.41, 5.74) is 9.24. The average molecular weight is 1750 g/mol. The highest BCUT2D eigenvalue weighted by Gasteiger charge is 2.40. The van der Waals surface area contributed by atoms with E-state index in [1.54, 1.807) is 12.1 Å². The summed E-state index contributed by atoms with van der Waals surface area (Å²) in [5.74, 6) is 0.943. The minimum Gasteiger partial charge on any atom is -0.474 e. The molecule has 6 aromatic heterocycles. The number of H-pyrrole nitrogens is 2. The summed E-state index contributed by atoms with van der Waals surface area (Å²) in [7, 11) is -16.2. The standard InChI is InChI=1S/C19H20F3N5O5S.C19H24N4O5S.C18H20ClN5O4S.C17H19N5O5S/c20-19(21,22)32-15-4-2-1-3-12(15)17-26-16-13(24-9-25-18(16)27-17)6-10-5-11(14(28)7-10)8-31-33(23,29)30;20-29(25,26)27-11-15-7-16(8-17(15)24)28-19-9-18(21-12-22-19)23-6-5-13-3-1-2-4-14(13)10-23;19-12-3-1-2-10(4-12)14-7-15-17(24-14)18(22-9-21-15)23-13-5-11(16(25)6-13)8-28-29(20,26)27;18-28(24,25)26-8-11-6-12(7-13(11)23)27-17-14-16(19-9-20-17)22-15(21-14)10-4-2-1-3-5-10/h1-4,9-11,14,28H,5-8H2,(H2,23,29,30)(H,24,25,26,27);1-4,9,12,15-17,24H,5-8,10-11H2,(H2,20,25,26);1-4,9,11,13,16,25H,5-8H2,(H2,20,26,27)(H,21,22,23);1-5,9,11-13,23H,6-8H2,(H2,18,24,25)(H,19,20,21,22)/t10-,11-,14-;15-,16+,17-;11-,13+,16-;11-,12+,13-/m0000/s1. The molecule has 0 spiro atoms. The van der Waals surface area contributed by atoms with Crippen molar-refractivity contribution in [1.82, 2.24) is 59.8 Å². The number of fused-ring (bicyclic) bond motifs is 4. The van der Waals surface area contributed by atoms with Crippen molar-refractivity contribution in [3.8, 4) is 40.3 Å². The molecule has 12 atom stereocenters. The second kappa shape index (κ2) is 37.5. The Balaban J connectivity index is 0.000000138. The maximum atomic E-state index is 12.8. The largest absolute Gasteiger partial charge is 0.573 e. The number of halogens is 4. The highest BCUT2D eigenvalue weighted by Crippen LogP contribution is 2.41. The van der Waals surface area contributed by atoms with Gasteiger partial charge in [-0.3, -0.25) is 16.7 Å². The van der Waals surface area contributed by atoms with Crippen molar-refractivity contribution in [3.63, 3.8) is 0 Å². The molecule has 0 unspecified atom stereocenters. The number of imidazole rings is 2. The zero-order valence-electron chi connectivity index (χ0n) is 62.9. The average Bonchev–Trinajstić information content (AvgIpc) is 1.67. The van der Waals surface area contributed by atoms with Crippen molar-refractivity contribution in [2.45, 2.75) is 126 Å². The molecule has 0 radical (unpaired) electrons. The van der Waals surface area contributed by atoms with E-state index in [0.29, 0.717) is 121 Å². The van der Waals surface area contributed by atoms with Gasteiger partial charge in [-0.05, 0) is 98.2 Å². The first-order chi connectivity index (χ1) is 56.5. The van der Waals surface area contributed by atoms with Gasteiger partial charge >= 0.3 is 47.6 Å². The van der Waals surface area contributed by atoms with Gasteiger partial charge in [0, 0.05) is 78.7 Å². The number of alkyl halides is 3. The van der Waals surface area contributed by atoms with E-state index in [-0.39, 0.29) is 79.5 Å². The minimum atomic E-state index is -4.86. The maximum absolute atomic E-state index is 12.8. The van der Waals surface area contributed by atoms with Crippen LogP contribution in [-0.2, 0) is 83.8 Å². The number of aromatic nitrogens is 12. The number of aromatic amines is 2. The monoisotopic (exact) mass is 1750 g/mol. The molecule has 15 N–H and O–H groups in total. The van der Waals surface area contributed by atoms with Crippen molar-refractivity contribution in [2.24, 2.45) is 55.1 Å². The Bertz CT molecular complexity index is 5750. The van der Waals surface area contributed by atoms with Crippen LogP contribution in [-0.4, -0.2) is 202 Å². The molecule has 8 heterocycles. The van der Waals surface area contributed by atoms with Crippen LogP contribution in [0.15, 0.2) is 139 Å². The van der Waals surface area contributed by atoms with Crippen molar-refractivity contribution in [1.29, 1.82) is 0 Å². The molecule has 4 fully saturated rings. The van der Waals surface area contributed by atoms with Gasteiger partial charge in [0.2, 0.25) is 11.8 Å². The first-order valence-corrected chi connectivity index (χ1v) is 43.4. The van der Waals surface area contributed by atoms with Crippen molar-refractivity contribution < 1.29 is 98.2 Å². The lowest BCUT2D eigenvalue weighted by Gasteiger charge is -2.29. The van der Waals surface area contributed by atoms with Crippen LogP contribution in [0.3, 0.4) is 0 Å². The Morgan fingerprint density at radius 3 is 1.76 bits per heavy atom. The summed E-state index contributed by atoms with van der Waals surface area (Å²) in [6, 6.07) is 32.8. The zero-order chi connectivity index (χ0) is 84.6. The Morgan fingerprint density at radius 1 is 0.546 bits per heavy atom. The van der Waals surface area contributed by atoms with Crippen molar-refractivity contribution in [2.75, 3.05) is 43.2 Å². The third-order valence-corrected chi connectivity index (χ3v) is 22.7. The van der Waals surface area contributed by atoms with E-state index in [1.165, 1.54) is 54.6 Å². The molecular formula is C73H83ClF3N19O19S4. The summed E-state index contributed by atoms with van der Waals surface area (Å²) in [6.07, 6.45) is 2.46. The molecule has 46 heteroatoms. The highest BCUT2D eigenvalue weighted by atomic mass is 35.5. The smallest absolute Gasteiger partial charge is 0.474 e. The fourth-order valence-electron chi connectivity index (χ4n) is 15.0. The molecule has 10 aromatic rings. The Labute approximate surface area is 684 Å². The number of nitrogens with zero attached hydrogens (tertiary/aromatic N) is 12. The molecule has 4 aliphatic carbocycles. The SMILES string of the molecule is NS(=O)(=O)OC[C@@H]1C[C@@H](Cc2ncnc3nc(-c4ccccc4OC(F)(F)F)[nH]c23)C[C@@H]1O.NS(=O)(=O)OC[C@@H]1C[C@@H](Nc2ncnc3c2N=C(c2cccc(Cl)c2)C3)C[C@@H]1O.NS(=O)(=O)OC[C@@H]1C[C@@H](Oc2cc(N3CCc4ccccc4C3)ncn2)C[C@@H]1O.NS(=O)(=O)OC[C@@H]1C[C@@H](Oc2ncnc3nc(-c4ccccc4)[nH]c23)C[C@@H]1O. The van der Waals surface area contributed by atoms with Crippen LogP contribution in [0.2, 0.25) is 5.02 Å². The van der Waals surface area contributed by atoms with Gasteiger partial charge in [0.15, 0.2) is 17.1 Å². The van der Waals surface area contributed by atoms with Crippen LogP contribution in [0.25, 0.3) is 45.1 Å². The third kappa shape index (κ3) is 24.3. The van der Waals surface area contributed by atoms with Gasteiger partial charge in [0.1, 0.15) is 77.5 Å². The predicted molar refractivity (Wildman–Crippen MR) is 422 cm³/mol. The molecule has 38 nitrogen and oxygen atoms in total. The first-order valence-electron chi connectivity index (χ1n) is 37.2. The lowest BCUT2D eigenvalue weighted by atomic mass is 9.99. The fraction of sp³-hybridized carbons (Fsp3) is 0.411. The number of benzene rings is 4. The van der Waals surface area contributed by atoms with E-state index >= 15 is 0 Å². The predicted octanol–water partition coefficient (Wildman–Crippen LogP) is 5.18. The Morgan fingerprint density at radius 2 is 1.10 bits per heavy atom. The fourth-order valence-corrected chi connectivity index (χ4v) is 16.6. The van der Waals surface area contributed by atoms with E-state index in [0.717, 1.165) is 47.9 Å². The number of hydrogen-bond donors (Lipinski definition) is 11. The van der Waals surface area contributed by atoms with Gasteiger partial charge < -0.3 is 54.8 Å². The Hall–Kier alpha value is -9.79. The van der Waals surface area contributed by atoms with E-state index in [9.17, 15) is 67.3 Å². The summed E-state index contributed by atoms with van der Waals surface area (Å²) >= 11 is 6.09. The van der Waals surface area contributed by atoms with Gasteiger partial charge in [-0.1, -0.05) is 90.5 Å². The van der Waals surface area contributed by atoms with E-state index in [2.05, 4.69) is 110 Å². The number of anilines is 2. The molecule has 16 rings (SSSR count). The summed E-state index contributed by atoms with van der Waals surface area (Å²) < 4.78 is 161. The van der Waals surface area contributed by atoms with Crippen molar-refractivity contribution in [3.05, 3.63) is 168 Å². The number of nitrogens with two attached hydrogens (primary N) is 4.